The smallest absolute Gasteiger partial charge is 0.449 e. The van der Waals surface area contributed by atoms with E-state index in [2.05, 4.69) is 14.7 Å². The molecule has 64 valence electrons. The molecule has 1 aromatic heterocycles. The fraction of sp³-hybridized carbons (Fsp3) is 0.167. The summed E-state index contributed by atoms with van der Waals surface area (Å²) in [6.07, 6.45) is 3.09. The fourth-order valence-electron chi connectivity index (χ4n) is 0.563. The lowest BCUT2D eigenvalue weighted by Crippen LogP contribution is -2.03. The first-order valence-electron chi connectivity index (χ1n) is 2.99. The van der Waals surface area contributed by atoms with Gasteiger partial charge in [-0.3, -0.25) is 0 Å². The monoisotopic (exact) mass is 186 g/mol. The molecule has 1 rings (SSSR count). The Morgan fingerprint density at radius 1 is 1.58 bits per heavy atom. The third-order valence-corrected chi connectivity index (χ3v) is 1.57. The fourth-order valence-corrected chi connectivity index (χ4v) is 0.880. The number of carboxylic acid groups (broad SMARTS) is 1. The maximum atomic E-state index is 10.0. The first kappa shape index (κ1) is 8.79. The van der Waals surface area contributed by atoms with E-state index in [0.29, 0.717) is 5.16 Å². The molecule has 1 aromatic rings. The van der Waals surface area contributed by atoms with Gasteiger partial charge in [-0.25, -0.2) is 14.8 Å². The number of ether oxygens (including phenoxy) is 1. The van der Waals surface area contributed by atoms with E-state index in [4.69, 9.17) is 5.11 Å². The Labute approximate surface area is 72.8 Å². The van der Waals surface area contributed by atoms with Crippen LogP contribution < -0.4 is 4.74 Å². The zero-order valence-electron chi connectivity index (χ0n) is 6.22. The van der Waals surface area contributed by atoms with Crippen LogP contribution in [-0.2, 0) is 0 Å². The van der Waals surface area contributed by atoms with Crippen molar-refractivity contribution in [1.29, 1.82) is 0 Å². The van der Waals surface area contributed by atoms with Crippen LogP contribution in [0.2, 0.25) is 0 Å². The Hall–Kier alpha value is -1.30. The number of nitrogens with zero attached hydrogens (tertiary/aromatic N) is 2. The number of aromatic nitrogens is 2. The average Bonchev–Trinajstić information content (AvgIpc) is 2.05. The van der Waals surface area contributed by atoms with Crippen LogP contribution in [-0.4, -0.2) is 27.5 Å². The van der Waals surface area contributed by atoms with E-state index >= 15 is 0 Å². The van der Waals surface area contributed by atoms with E-state index in [0.717, 1.165) is 0 Å². The molecule has 1 N–H and O–H groups in total. The third kappa shape index (κ3) is 2.39. The summed E-state index contributed by atoms with van der Waals surface area (Å²) in [5.41, 5.74) is 0. The second-order valence-corrected chi connectivity index (χ2v) is 2.55. The van der Waals surface area contributed by atoms with E-state index in [1.165, 1.54) is 24.2 Å². The van der Waals surface area contributed by atoms with Gasteiger partial charge in [0.1, 0.15) is 0 Å². The van der Waals surface area contributed by atoms with Crippen molar-refractivity contribution < 1.29 is 14.6 Å². The van der Waals surface area contributed by atoms with Crippen molar-refractivity contribution in [1.82, 2.24) is 9.97 Å². The van der Waals surface area contributed by atoms with E-state index in [1.54, 1.807) is 0 Å². The molecule has 0 radical (unpaired) electrons. The molecule has 0 saturated carbocycles. The predicted molar refractivity (Wildman–Crippen MR) is 42.5 cm³/mol. The molecule has 1 heterocycles. The predicted octanol–water partition coefficient (Wildman–Crippen LogP) is 1.26. The van der Waals surface area contributed by atoms with E-state index in [9.17, 15) is 4.79 Å². The van der Waals surface area contributed by atoms with Crippen LogP contribution in [0.5, 0.6) is 5.75 Å². The molecule has 0 fully saturated rings. The number of carbonyl (C=O) groups is 1. The zero-order chi connectivity index (χ0) is 8.97. The Kier molecular flexibility index (Phi) is 2.87. The second kappa shape index (κ2) is 3.91. The van der Waals surface area contributed by atoms with Crippen LogP contribution in [0.3, 0.4) is 0 Å². The summed E-state index contributed by atoms with van der Waals surface area (Å²) >= 11 is 1.37. The quantitative estimate of drug-likeness (QED) is 0.426. The van der Waals surface area contributed by atoms with Gasteiger partial charge in [0.25, 0.3) is 0 Å². The molecule has 0 atom stereocenters. The Bertz CT molecular complexity index is 275. The highest BCUT2D eigenvalue weighted by Crippen LogP contribution is 2.11. The molecule has 0 spiro atoms. The summed E-state index contributed by atoms with van der Waals surface area (Å²) in [5.74, 6) is 0.125. The SMILES string of the molecule is CSc1ncc(OC(=O)O)cn1. The van der Waals surface area contributed by atoms with Crippen molar-refractivity contribution in [3.8, 4) is 5.75 Å². The van der Waals surface area contributed by atoms with Crippen molar-refractivity contribution in [3.05, 3.63) is 12.4 Å². The van der Waals surface area contributed by atoms with Gasteiger partial charge in [-0.05, 0) is 6.26 Å². The van der Waals surface area contributed by atoms with Crippen LogP contribution in [0.25, 0.3) is 0 Å². The number of hydrogen-bond donors (Lipinski definition) is 1. The number of rotatable bonds is 2. The van der Waals surface area contributed by atoms with Gasteiger partial charge in [0.15, 0.2) is 10.9 Å². The van der Waals surface area contributed by atoms with E-state index in [1.807, 2.05) is 6.26 Å². The standard InChI is InChI=1S/C6H6N2O3S/c1-12-5-7-2-4(3-8-5)11-6(9)10/h2-3H,1H3,(H,9,10). The highest BCUT2D eigenvalue weighted by atomic mass is 32.2. The summed E-state index contributed by atoms with van der Waals surface area (Å²) in [5, 5.41) is 8.79. The normalized spacial score (nSPS) is 9.42. The Morgan fingerprint density at radius 2 is 2.17 bits per heavy atom. The van der Waals surface area contributed by atoms with E-state index in [-0.39, 0.29) is 5.75 Å². The van der Waals surface area contributed by atoms with E-state index < -0.39 is 6.16 Å². The van der Waals surface area contributed by atoms with Crippen LogP contribution >= 0.6 is 11.8 Å². The minimum absolute atomic E-state index is 0.125. The first-order valence-corrected chi connectivity index (χ1v) is 4.21. The molecular formula is C6H6N2O3S. The summed E-state index contributed by atoms with van der Waals surface area (Å²) in [4.78, 5) is 17.7. The van der Waals surface area contributed by atoms with Gasteiger partial charge >= 0.3 is 6.16 Å². The van der Waals surface area contributed by atoms with Crippen LogP contribution in [0.1, 0.15) is 0 Å². The van der Waals surface area contributed by atoms with Gasteiger partial charge in [0.05, 0.1) is 12.4 Å². The molecule has 0 aromatic carbocycles. The van der Waals surface area contributed by atoms with Crippen molar-refractivity contribution in [2.45, 2.75) is 5.16 Å². The molecule has 0 aliphatic carbocycles. The highest BCUT2D eigenvalue weighted by molar-refractivity contribution is 7.98. The van der Waals surface area contributed by atoms with Gasteiger partial charge in [0, 0.05) is 0 Å². The third-order valence-electron chi connectivity index (χ3n) is 0.992. The minimum Gasteiger partial charge on any atom is -0.449 e. The van der Waals surface area contributed by atoms with Gasteiger partial charge in [-0.1, -0.05) is 11.8 Å². The van der Waals surface area contributed by atoms with Gasteiger partial charge < -0.3 is 9.84 Å². The molecule has 12 heavy (non-hydrogen) atoms. The lowest BCUT2D eigenvalue weighted by Gasteiger charge is -1.97. The van der Waals surface area contributed by atoms with Gasteiger partial charge in [0.2, 0.25) is 0 Å². The number of thioether (sulfide) groups is 1. The molecule has 5 nitrogen and oxygen atoms in total. The molecule has 6 heteroatoms. The lowest BCUT2D eigenvalue weighted by atomic mass is 10.6. The lowest BCUT2D eigenvalue weighted by molar-refractivity contribution is 0.144. The molecule has 0 saturated heterocycles. The Morgan fingerprint density at radius 3 is 2.58 bits per heavy atom. The van der Waals surface area contributed by atoms with Crippen LogP contribution in [0.15, 0.2) is 17.6 Å². The van der Waals surface area contributed by atoms with Crippen LogP contribution in [0, 0.1) is 0 Å². The summed E-state index contributed by atoms with van der Waals surface area (Å²) in [6, 6.07) is 0. The van der Waals surface area contributed by atoms with Crippen molar-refractivity contribution in [2.75, 3.05) is 6.26 Å². The summed E-state index contributed by atoms with van der Waals surface area (Å²) in [7, 11) is 0. The van der Waals surface area contributed by atoms with Gasteiger partial charge in [-0.2, -0.15) is 0 Å². The maximum Gasteiger partial charge on any atom is 0.511 e. The summed E-state index contributed by atoms with van der Waals surface area (Å²) < 4.78 is 4.30. The number of hydrogen-bond acceptors (Lipinski definition) is 5. The minimum atomic E-state index is -1.37. The molecule has 0 amide bonds. The molecule has 0 aliphatic rings. The van der Waals surface area contributed by atoms with Crippen molar-refractivity contribution in [3.63, 3.8) is 0 Å². The Balaban J connectivity index is 2.71. The zero-order valence-corrected chi connectivity index (χ0v) is 7.04. The van der Waals surface area contributed by atoms with Crippen molar-refractivity contribution in [2.24, 2.45) is 0 Å². The largest absolute Gasteiger partial charge is 0.511 e. The molecule has 0 aliphatic heterocycles. The highest BCUT2D eigenvalue weighted by Gasteiger charge is 2.01. The molecule has 0 bridgehead atoms. The topological polar surface area (TPSA) is 72.3 Å². The second-order valence-electron chi connectivity index (χ2n) is 1.77. The average molecular weight is 186 g/mol. The van der Waals surface area contributed by atoms with Crippen LogP contribution in [0.4, 0.5) is 4.79 Å². The van der Waals surface area contributed by atoms with Crippen molar-refractivity contribution >= 4 is 17.9 Å². The molecular weight excluding hydrogens is 180 g/mol. The summed E-state index contributed by atoms with van der Waals surface area (Å²) in [6.45, 7) is 0. The van der Waals surface area contributed by atoms with Gasteiger partial charge in [-0.15, -0.1) is 0 Å². The maximum absolute atomic E-state index is 10.0. The first-order chi connectivity index (χ1) is 5.72. The molecule has 0 unspecified atom stereocenters.